The molecular formula is C16H25N3OS2. The monoisotopic (exact) mass is 339 g/mol. The van der Waals surface area contributed by atoms with Crippen molar-refractivity contribution in [1.29, 1.82) is 0 Å². The molecule has 1 aromatic rings. The van der Waals surface area contributed by atoms with Gasteiger partial charge in [0.15, 0.2) is 5.11 Å². The van der Waals surface area contributed by atoms with E-state index in [0.717, 1.165) is 17.7 Å². The van der Waals surface area contributed by atoms with Crippen LogP contribution in [0.3, 0.4) is 0 Å². The molecule has 0 saturated carbocycles. The average Bonchev–Trinajstić information content (AvgIpc) is 2.76. The van der Waals surface area contributed by atoms with Crippen molar-refractivity contribution in [3.63, 3.8) is 0 Å². The van der Waals surface area contributed by atoms with Gasteiger partial charge in [-0.25, -0.2) is 0 Å². The Balaban J connectivity index is 1.92. The van der Waals surface area contributed by atoms with E-state index < -0.39 is 0 Å². The third-order valence-electron chi connectivity index (χ3n) is 3.50. The van der Waals surface area contributed by atoms with Gasteiger partial charge in [-0.3, -0.25) is 15.6 Å². The van der Waals surface area contributed by atoms with Crippen LogP contribution in [0.5, 0.6) is 0 Å². The van der Waals surface area contributed by atoms with Gasteiger partial charge in [0.25, 0.3) is 5.91 Å². The standard InChI is InChI=1S/C16H25N3OS2/c1-16(2,3)17-15(21)19-18-14(20)13-10-11-8-6-4-5-7-9-12(11)22-13/h10H,4-9H2,1-3H3,(H,18,20)(H2,17,19,21). The number of rotatable bonds is 1. The maximum absolute atomic E-state index is 12.3. The maximum Gasteiger partial charge on any atom is 0.279 e. The number of hydrazine groups is 1. The highest BCUT2D eigenvalue weighted by atomic mass is 32.1. The molecule has 1 aromatic heterocycles. The number of amides is 1. The molecule has 3 N–H and O–H groups in total. The lowest BCUT2D eigenvalue weighted by Gasteiger charge is -2.22. The fourth-order valence-electron chi connectivity index (χ4n) is 2.50. The van der Waals surface area contributed by atoms with E-state index in [2.05, 4.69) is 16.2 Å². The maximum atomic E-state index is 12.3. The topological polar surface area (TPSA) is 53.2 Å². The average molecular weight is 340 g/mol. The number of nitrogens with one attached hydrogen (secondary N) is 3. The molecule has 22 heavy (non-hydrogen) atoms. The molecule has 0 fully saturated rings. The minimum atomic E-state index is -0.132. The van der Waals surface area contributed by atoms with Crippen molar-refractivity contribution in [2.24, 2.45) is 0 Å². The van der Waals surface area contributed by atoms with Gasteiger partial charge in [0.1, 0.15) is 0 Å². The molecule has 0 bridgehead atoms. The zero-order chi connectivity index (χ0) is 16.2. The minimum Gasteiger partial charge on any atom is -0.357 e. The van der Waals surface area contributed by atoms with Crippen molar-refractivity contribution in [1.82, 2.24) is 16.2 Å². The Morgan fingerprint density at radius 2 is 1.82 bits per heavy atom. The van der Waals surface area contributed by atoms with Crippen molar-refractivity contribution in [2.45, 2.75) is 64.8 Å². The molecule has 1 heterocycles. The second-order valence-corrected chi connectivity index (χ2v) is 8.30. The number of thiophene rings is 1. The summed E-state index contributed by atoms with van der Waals surface area (Å²) >= 11 is 6.77. The summed E-state index contributed by atoms with van der Waals surface area (Å²) in [6.07, 6.45) is 7.24. The Bertz CT molecular complexity index is 521. The number of aryl methyl sites for hydroxylation is 2. The van der Waals surface area contributed by atoms with Crippen LogP contribution in [0.15, 0.2) is 6.07 Å². The molecule has 0 radical (unpaired) electrons. The summed E-state index contributed by atoms with van der Waals surface area (Å²) in [5.74, 6) is -0.116. The van der Waals surface area contributed by atoms with Crippen molar-refractivity contribution in [2.75, 3.05) is 0 Å². The van der Waals surface area contributed by atoms with Crippen molar-refractivity contribution < 1.29 is 4.79 Å². The normalized spacial score (nSPS) is 15.2. The van der Waals surface area contributed by atoms with Crippen molar-refractivity contribution in [3.8, 4) is 0 Å². The number of hydrogen-bond donors (Lipinski definition) is 3. The molecule has 0 aliphatic heterocycles. The molecule has 1 aliphatic rings. The Labute approximate surface area is 142 Å². The summed E-state index contributed by atoms with van der Waals surface area (Å²) in [5.41, 5.74) is 6.67. The second-order valence-electron chi connectivity index (χ2n) is 6.76. The molecule has 4 nitrogen and oxygen atoms in total. The van der Waals surface area contributed by atoms with Crippen LogP contribution in [0.25, 0.3) is 0 Å². The van der Waals surface area contributed by atoms with Crippen molar-refractivity contribution >= 4 is 34.6 Å². The fraction of sp³-hybridized carbons (Fsp3) is 0.625. The molecule has 122 valence electrons. The lowest BCUT2D eigenvalue weighted by molar-refractivity contribution is 0.0947. The molecule has 0 aromatic carbocycles. The third kappa shape index (κ3) is 5.25. The molecule has 0 saturated heterocycles. The molecule has 0 unspecified atom stereocenters. The highest BCUT2D eigenvalue weighted by molar-refractivity contribution is 7.80. The van der Waals surface area contributed by atoms with Gasteiger partial charge >= 0.3 is 0 Å². The van der Waals surface area contributed by atoms with Gasteiger partial charge in [-0.05, 0) is 70.3 Å². The summed E-state index contributed by atoms with van der Waals surface area (Å²) in [5, 5.41) is 3.53. The van der Waals surface area contributed by atoms with Gasteiger partial charge in [-0.1, -0.05) is 12.8 Å². The highest BCUT2D eigenvalue weighted by Crippen LogP contribution is 2.28. The van der Waals surface area contributed by atoms with E-state index in [1.807, 2.05) is 26.8 Å². The van der Waals surface area contributed by atoms with Crippen LogP contribution < -0.4 is 16.2 Å². The van der Waals surface area contributed by atoms with E-state index in [0.29, 0.717) is 5.11 Å². The Morgan fingerprint density at radius 3 is 2.50 bits per heavy atom. The van der Waals surface area contributed by atoms with E-state index in [1.165, 1.54) is 36.1 Å². The molecule has 0 spiro atoms. The largest absolute Gasteiger partial charge is 0.357 e. The predicted molar refractivity (Wildman–Crippen MR) is 96.3 cm³/mol. The number of carbonyl (C=O) groups is 1. The first-order chi connectivity index (χ1) is 10.3. The zero-order valence-corrected chi connectivity index (χ0v) is 15.2. The van der Waals surface area contributed by atoms with Gasteiger partial charge in [0.05, 0.1) is 4.88 Å². The molecule has 2 rings (SSSR count). The number of carbonyl (C=O) groups excluding carboxylic acids is 1. The summed E-state index contributed by atoms with van der Waals surface area (Å²) in [6.45, 7) is 6.05. The van der Waals surface area contributed by atoms with Crippen molar-refractivity contribution in [3.05, 3.63) is 21.4 Å². The Morgan fingerprint density at radius 1 is 1.14 bits per heavy atom. The lowest BCUT2D eigenvalue weighted by atomic mass is 10.00. The molecule has 1 amide bonds. The van der Waals surface area contributed by atoms with Crippen LogP contribution in [0.2, 0.25) is 0 Å². The number of hydrogen-bond acceptors (Lipinski definition) is 3. The molecule has 6 heteroatoms. The van der Waals surface area contributed by atoms with Crippen LogP contribution >= 0.6 is 23.6 Å². The van der Waals surface area contributed by atoms with E-state index in [4.69, 9.17) is 12.2 Å². The van der Waals surface area contributed by atoms with E-state index in [9.17, 15) is 4.79 Å². The van der Waals surface area contributed by atoms with Gasteiger partial charge in [-0.15, -0.1) is 11.3 Å². The van der Waals surface area contributed by atoms with Crippen LogP contribution in [0, 0.1) is 0 Å². The second kappa shape index (κ2) is 7.42. The first-order valence-electron chi connectivity index (χ1n) is 7.85. The Kier molecular flexibility index (Phi) is 5.81. The Hall–Kier alpha value is -1.14. The fourth-order valence-corrected chi connectivity index (χ4v) is 4.01. The summed E-state index contributed by atoms with van der Waals surface area (Å²) < 4.78 is 0. The first-order valence-corrected chi connectivity index (χ1v) is 9.08. The van der Waals surface area contributed by atoms with Crippen LogP contribution in [0.1, 0.15) is 66.6 Å². The highest BCUT2D eigenvalue weighted by Gasteiger charge is 2.16. The van der Waals surface area contributed by atoms with Gasteiger partial charge in [0.2, 0.25) is 0 Å². The molecule has 1 aliphatic carbocycles. The lowest BCUT2D eigenvalue weighted by Crippen LogP contribution is -2.52. The smallest absolute Gasteiger partial charge is 0.279 e. The SMILES string of the molecule is CC(C)(C)NC(=S)NNC(=O)c1cc2c(s1)CCCCCC2. The summed E-state index contributed by atoms with van der Waals surface area (Å²) in [7, 11) is 0. The summed E-state index contributed by atoms with van der Waals surface area (Å²) in [4.78, 5) is 14.4. The quantitative estimate of drug-likeness (QED) is 0.543. The zero-order valence-electron chi connectivity index (χ0n) is 13.5. The number of thiocarbonyl (C=S) groups is 1. The van der Waals surface area contributed by atoms with E-state index in [1.54, 1.807) is 11.3 Å². The molecule has 0 atom stereocenters. The predicted octanol–water partition coefficient (Wildman–Crippen LogP) is 3.31. The van der Waals surface area contributed by atoms with Crippen LogP contribution in [-0.2, 0) is 12.8 Å². The minimum absolute atomic E-state index is 0.116. The molecular weight excluding hydrogens is 314 g/mol. The summed E-state index contributed by atoms with van der Waals surface area (Å²) in [6, 6.07) is 2.04. The van der Waals surface area contributed by atoms with E-state index >= 15 is 0 Å². The van der Waals surface area contributed by atoms with Gasteiger partial charge in [-0.2, -0.15) is 0 Å². The van der Waals surface area contributed by atoms with E-state index in [-0.39, 0.29) is 11.4 Å². The van der Waals surface area contributed by atoms with Crippen LogP contribution in [0.4, 0.5) is 0 Å². The number of fused-ring (bicyclic) bond motifs is 1. The van der Waals surface area contributed by atoms with Gasteiger partial charge in [0, 0.05) is 10.4 Å². The third-order valence-corrected chi connectivity index (χ3v) is 4.94. The van der Waals surface area contributed by atoms with Crippen LogP contribution in [-0.4, -0.2) is 16.6 Å². The van der Waals surface area contributed by atoms with Gasteiger partial charge < -0.3 is 5.32 Å². The first kappa shape index (κ1) is 17.2.